The molecule has 0 saturated heterocycles. The Kier molecular flexibility index (Phi) is 8.11. The van der Waals surface area contributed by atoms with Gasteiger partial charge in [0.1, 0.15) is 0 Å². The van der Waals surface area contributed by atoms with Crippen LogP contribution in [0, 0.1) is 22.7 Å². The molecule has 0 saturated carbocycles. The molecule has 0 bridgehead atoms. The van der Waals surface area contributed by atoms with Crippen LogP contribution in [-0.2, 0) is 0 Å². The number of hydrogen-bond acceptors (Lipinski definition) is 4. The Morgan fingerprint density at radius 3 is 1.69 bits per heavy atom. The lowest BCUT2D eigenvalue weighted by Gasteiger charge is -2.24. The summed E-state index contributed by atoms with van der Waals surface area (Å²) in [6, 6.07) is 63.0. The van der Waals surface area contributed by atoms with E-state index in [2.05, 4.69) is 41.0 Å². The summed E-state index contributed by atoms with van der Waals surface area (Å²) in [5.41, 5.74) is 11.1. The molecule has 6 heteroatoms. The second-order valence-electron chi connectivity index (χ2n) is 14.2. The molecule has 9 aromatic rings. The van der Waals surface area contributed by atoms with Gasteiger partial charge in [0.2, 0.25) is 0 Å². The SMILES string of the molecule is N#Cc1ccc(-c2ccc3c(c2)c2ccccc2n3-c2cccc3c2C(=O)N(c2c(-c4ccccc4)cc(-c4ccccc4)cc2-c2ccccc2)C3=O)c(C#N)c1. The molecule has 2 heterocycles. The molecule has 6 nitrogen and oxygen atoms in total. The van der Waals surface area contributed by atoms with Crippen molar-refractivity contribution in [3.8, 4) is 62.3 Å². The van der Waals surface area contributed by atoms with Gasteiger partial charge in [0.25, 0.3) is 11.8 Å². The van der Waals surface area contributed by atoms with Crippen molar-refractivity contribution in [2.45, 2.75) is 0 Å². The van der Waals surface area contributed by atoms with Crippen LogP contribution in [-0.4, -0.2) is 16.4 Å². The van der Waals surface area contributed by atoms with Crippen LogP contribution in [0.3, 0.4) is 0 Å². The lowest BCUT2D eigenvalue weighted by molar-refractivity contribution is 0.0926. The summed E-state index contributed by atoms with van der Waals surface area (Å²) in [4.78, 5) is 31.6. The number of imide groups is 1. The second-order valence-corrected chi connectivity index (χ2v) is 14.2. The van der Waals surface area contributed by atoms with Crippen molar-refractivity contribution < 1.29 is 9.59 Å². The third-order valence-electron chi connectivity index (χ3n) is 11.0. The van der Waals surface area contributed by atoms with E-state index in [1.807, 2.05) is 133 Å². The summed E-state index contributed by atoms with van der Waals surface area (Å²) in [7, 11) is 0. The lowest BCUT2D eigenvalue weighted by Crippen LogP contribution is -2.30. The van der Waals surface area contributed by atoms with E-state index in [1.165, 1.54) is 4.90 Å². The summed E-state index contributed by atoms with van der Waals surface area (Å²) < 4.78 is 2.06. The van der Waals surface area contributed by atoms with Gasteiger partial charge in [-0.3, -0.25) is 9.59 Å². The van der Waals surface area contributed by atoms with Crippen molar-refractivity contribution in [2.75, 3.05) is 4.90 Å². The molecule has 0 spiro atoms. The number of para-hydroxylation sites is 1. The van der Waals surface area contributed by atoms with Crippen LogP contribution in [0.2, 0.25) is 0 Å². The number of nitrogens with zero attached hydrogens (tertiary/aromatic N) is 4. The van der Waals surface area contributed by atoms with E-state index in [1.54, 1.807) is 24.3 Å². The van der Waals surface area contributed by atoms with Crippen LogP contribution in [0.4, 0.5) is 5.69 Å². The molecule has 0 fully saturated rings. The summed E-state index contributed by atoms with van der Waals surface area (Å²) in [5, 5.41) is 21.3. The molecule has 0 N–H and O–H groups in total. The summed E-state index contributed by atoms with van der Waals surface area (Å²) in [6.45, 7) is 0. The fourth-order valence-electron chi connectivity index (χ4n) is 8.36. The highest BCUT2D eigenvalue weighted by atomic mass is 16.2. The largest absolute Gasteiger partial charge is 0.308 e. The van der Waals surface area contributed by atoms with Crippen molar-refractivity contribution >= 4 is 39.3 Å². The maximum Gasteiger partial charge on any atom is 0.268 e. The van der Waals surface area contributed by atoms with E-state index in [4.69, 9.17) is 0 Å². The lowest BCUT2D eigenvalue weighted by atomic mass is 9.90. The van der Waals surface area contributed by atoms with E-state index in [0.717, 1.165) is 66.3 Å². The number of benzene rings is 8. The molecule has 2 amide bonds. The Morgan fingerprint density at radius 2 is 1.03 bits per heavy atom. The standard InChI is InChI=1S/C52H30N4O2/c53-31-33-23-25-40(39(27-33)32-54)37-24-26-47-45(28-37)41-19-10-11-21-46(41)55(47)48-22-12-20-42-49(48)52(58)56(51(42)57)50-43(35-15-6-2-7-16-35)29-38(34-13-4-1-5-14-34)30-44(50)36-17-8-3-9-18-36/h1-30H. The number of anilines is 1. The number of aromatic nitrogens is 1. The number of amides is 2. The minimum Gasteiger partial charge on any atom is -0.308 e. The Morgan fingerprint density at radius 1 is 0.414 bits per heavy atom. The predicted octanol–water partition coefficient (Wildman–Crippen LogP) is 12.0. The second kappa shape index (κ2) is 13.8. The Hall–Kier alpha value is -8.32. The minimum atomic E-state index is -0.406. The number of hydrogen-bond donors (Lipinski definition) is 0. The van der Waals surface area contributed by atoms with Gasteiger partial charge in [-0.2, -0.15) is 10.5 Å². The molecule has 1 aromatic heterocycles. The van der Waals surface area contributed by atoms with Gasteiger partial charge < -0.3 is 4.57 Å². The van der Waals surface area contributed by atoms with Crippen LogP contribution in [0.25, 0.3) is 72.0 Å². The average Bonchev–Trinajstić information content (AvgIpc) is 3.76. The molecule has 1 aliphatic heterocycles. The first kappa shape index (κ1) is 34.2. The average molecular weight is 743 g/mol. The number of fused-ring (bicyclic) bond motifs is 4. The highest BCUT2D eigenvalue weighted by Crippen LogP contribution is 2.47. The minimum absolute atomic E-state index is 0.322. The van der Waals surface area contributed by atoms with E-state index < -0.39 is 11.8 Å². The highest BCUT2D eigenvalue weighted by molar-refractivity contribution is 6.37. The van der Waals surface area contributed by atoms with E-state index >= 15 is 4.79 Å². The van der Waals surface area contributed by atoms with E-state index in [9.17, 15) is 15.3 Å². The van der Waals surface area contributed by atoms with Crippen LogP contribution in [0.1, 0.15) is 31.8 Å². The van der Waals surface area contributed by atoms with Crippen molar-refractivity contribution in [3.63, 3.8) is 0 Å². The Balaban J connectivity index is 1.19. The molecule has 0 atom stereocenters. The van der Waals surface area contributed by atoms with Crippen LogP contribution < -0.4 is 4.90 Å². The number of carbonyl (C=O) groups excluding carboxylic acids is 2. The topological polar surface area (TPSA) is 89.9 Å². The first-order chi connectivity index (χ1) is 28.5. The highest BCUT2D eigenvalue weighted by Gasteiger charge is 2.41. The van der Waals surface area contributed by atoms with Crippen molar-refractivity contribution in [2.24, 2.45) is 0 Å². The van der Waals surface area contributed by atoms with E-state index in [-0.39, 0.29) is 0 Å². The predicted molar refractivity (Wildman–Crippen MR) is 230 cm³/mol. The molecule has 0 unspecified atom stereocenters. The van der Waals surface area contributed by atoms with Gasteiger partial charge >= 0.3 is 0 Å². The van der Waals surface area contributed by atoms with Crippen molar-refractivity contribution in [3.05, 3.63) is 204 Å². The van der Waals surface area contributed by atoms with Crippen LogP contribution in [0.5, 0.6) is 0 Å². The van der Waals surface area contributed by atoms with Gasteiger partial charge in [0, 0.05) is 21.9 Å². The quantitative estimate of drug-likeness (QED) is 0.159. The van der Waals surface area contributed by atoms with Gasteiger partial charge in [-0.05, 0) is 88.0 Å². The number of rotatable bonds is 6. The van der Waals surface area contributed by atoms with Gasteiger partial charge in [-0.1, -0.05) is 127 Å². The molecule has 58 heavy (non-hydrogen) atoms. The van der Waals surface area contributed by atoms with Crippen LogP contribution in [0.15, 0.2) is 182 Å². The molecule has 0 aliphatic carbocycles. The monoisotopic (exact) mass is 742 g/mol. The summed E-state index contributed by atoms with van der Waals surface area (Å²) in [6.07, 6.45) is 0. The van der Waals surface area contributed by atoms with Crippen molar-refractivity contribution in [1.82, 2.24) is 4.57 Å². The zero-order valence-electron chi connectivity index (χ0n) is 30.9. The molecule has 1 aliphatic rings. The third-order valence-corrected chi connectivity index (χ3v) is 11.0. The van der Waals surface area contributed by atoms with E-state index in [0.29, 0.717) is 33.6 Å². The van der Waals surface area contributed by atoms with Gasteiger partial charge in [-0.25, -0.2) is 4.90 Å². The fraction of sp³-hybridized carbons (Fsp3) is 0. The summed E-state index contributed by atoms with van der Waals surface area (Å²) >= 11 is 0. The third kappa shape index (κ3) is 5.40. The molecular formula is C52H30N4O2. The zero-order chi connectivity index (χ0) is 39.3. The first-order valence-electron chi connectivity index (χ1n) is 18.9. The molecule has 270 valence electrons. The maximum absolute atomic E-state index is 15.3. The fourth-order valence-corrected chi connectivity index (χ4v) is 8.36. The van der Waals surface area contributed by atoms with Gasteiger partial charge in [0.15, 0.2) is 0 Å². The van der Waals surface area contributed by atoms with Gasteiger partial charge in [0.05, 0.1) is 56.8 Å². The molecule has 8 aromatic carbocycles. The molecule has 0 radical (unpaired) electrons. The zero-order valence-corrected chi connectivity index (χ0v) is 30.9. The molecule has 10 rings (SSSR count). The number of carbonyl (C=O) groups is 2. The Labute approximate surface area is 334 Å². The van der Waals surface area contributed by atoms with Crippen molar-refractivity contribution in [1.29, 1.82) is 10.5 Å². The first-order valence-corrected chi connectivity index (χ1v) is 18.9. The normalized spacial score (nSPS) is 12.1. The number of nitriles is 2. The Bertz CT molecular complexity index is 3170. The van der Waals surface area contributed by atoms with Gasteiger partial charge in [-0.15, -0.1) is 0 Å². The summed E-state index contributed by atoms with van der Waals surface area (Å²) in [5.74, 6) is -0.798. The molecular weight excluding hydrogens is 713 g/mol. The smallest absolute Gasteiger partial charge is 0.268 e. The van der Waals surface area contributed by atoms with Crippen LogP contribution >= 0.6 is 0 Å². The maximum atomic E-state index is 15.3.